The van der Waals surface area contributed by atoms with Gasteiger partial charge >= 0.3 is 0 Å². The predicted molar refractivity (Wildman–Crippen MR) is 88.6 cm³/mol. The zero-order valence-electron chi connectivity index (χ0n) is 11.4. The highest BCUT2D eigenvalue weighted by Gasteiger charge is 2.17. The Balaban J connectivity index is 0.00000161. The number of aromatic nitrogens is 2. The number of halogens is 2. The van der Waals surface area contributed by atoms with Gasteiger partial charge < -0.3 is 9.84 Å². The Bertz CT molecular complexity index is 556. The van der Waals surface area contributed by atoms with E-state index in [4.69, 9.17) is 16.1 Å². The third kappa shape index (κ3) is 4.88. The zero-order valence-corrected chi connectivity index (χ0v) is 13.8. The molecule has 1 N–H and O–H groups in total. The van der Waals surface area contributed by atoms with Gasteiger partial charge in [0.1, 0.15) is 0 Å². The van der Waals surface area contributed by atoms with E-state index in [9.17, 15) is 0 Å². The van der Waals surface area contributed by atoms with E-state index in [0.29, 0.717) is 18.4 Å². The van der Waals surface area contributed by atoms with Gasteiger partial charge in [-0.1, -0.05) is 28.9 Å². The molecule has 1 aliphatic heterocycles. The van der Waals surface area contributed by atoms with Crippen LogP contribution in [0.5, 0.6) is 0 Å². The van der Waals surface area contributed by atoms with Crippen molar-refractivity contribution in [1.82, 2.24) is 15.5 Å². The van der Waals surface area contributed by atoms with Crippen molar-refractivity contribution < 1.29 is 4.52 Å². The fourth-order valence-electron chi connectivity index (χ4n) is 2.19. The minimum atomic E-state index is 0. The molecule has 1 aromatic carbocycles. The SMILES string of the molecule is Cl.Clc1ccc(Cc2noc(CC3CSCCN3)n2)cc1. The Morgan fingerprint density at radius 3 is 2.86 bits per heavy atom. The van der Waals surface area contributed by atoms with Crippen LogP contribution in [-0.4, -0.2) is 34.2 Å². The summed E-state index contributed by atoms with van der Waals surface area (Å²) in [6, 6.07) is 8.16. The molecule has 0 amide bonds. The highest BCUT2D eigenvalue weighted by molar-refractivity contribution is 7.99. The number of rotatable bonds is 4. The molecule has 1 fully saturated rings. The van der Waals surface area contributed by atoms with Gasteiger partial charge in [0.2, 0.25) is 5.89 Å². The Labute approximate surface area is 139 Å². The Hall–Kier alpha value is -0.750. The van der Waals surface area contributed by atoms with Crippen molar-refractivity contribution in [2.45, 2.75) is 18.9 Å². The standard InChI is InChI=1S/C14H16ClN3OS.ClH/c15-11-3-1-10(2-4-11)7-13-17-14(19-18-13)8-12-9-20-6-5-16-12;/h1-4,12,16H,5-9H2;1H. The first-order valence-corrected chi connectivity index (χ1v) is 8.20. The van der Waals surface area contributed by atoms with Crippen molar-refractivity contribution in [2.24, 2.45) is 0 Å². The van der Waals surface area contributed by atoms with Gasteiger partial charge in [-0.2, -0.15) is 16.7 Å². The molecule has 1 aliphatic rings. The van der Waals surface area contributed by atoms with Gasteiger partial charge in [0.15, 0.2) is 5.82 Å². The van der Waals surface area contributed by atoms with E-state index < -0.39 is 0 Å². The summed E-state index contributed by atoms with van der Waals surface area (Å²) in [6.07, 6.45) is 1.48. The van der Waals surface area contributed by atoms with Crippen molar-refractivity contribution in [1.29, 1.82) is 0 Å². The molecule has 2 aromatic rings. The van der Waals surface area contributed by atoms with Crippen molar-refractivity contribution in [3.05, 3.63) is 46.6 Å². The van der Waals surface area contributed by atoms with Gasteiger partial charge in [0.05, 0.1) is 0 Å². The molecule has 0 radical (unpaired) electrons. The second-order valence-corrected chi connectivity index (χ2v) is 6.42. The summed E-state index contributed by atoms with van der Waals surface area (Å²) < 4.78 is 5.33. The maximum atomic E-state index is 5.87. The summed E-state index contributed by atoms with van der Waals surface area (Å²) in [4.78, 5) is 4.46. The third-order valence-corrected chi connectivity index (χ3v) is 4.59. The minimum Gasteiger partial charge on any atom is -0.339 e. The monoisotopic (exact) mass is 345 g/mol. The quantitative estimate of drug-likeness (QED) is 0.922. The van der Waals surface area contributed by atoms with Gasteiger partial charge in [0, 0.05) is 42.0 Å². The van der Waals surface area contributed by atoms with Crippen LogP contribution in [0, 0.1) is 0 Å². The smallest absolute Gasteiger partial charge is 0.228 e. The van der Waals surface area contributed by atoms with Gasteiger partial charge in [0.25, 0.3) is 0 Å². The lowest BCUT2D eigenvalue weighted by Crippen LogP contribution is -2.38. The second-order valence-electron chi connectivity index (χ2n) is 4.84. The molecule has 3 rings (SSSR count). The molecule has 1 aromatic heterocycles. The third-order valence-electron chi connectivity index (χ3n) is 3.21. The molecule has 1 unspecified atom stereocenters. The summed E-state index contributed by atoms with van der Waals surface area (Å²) in [5.74, 6) is 3.73. The van der Waals surface area contributed by atoms with E-state index in [1.807, 2.05) is 36.0 Å². The number of hydrogen-bond donors (Lipinski definition) is 1. The molecule has 0 saturated carbocycles. The summed E-state index contributed by atoms with van der Waals surface area (Å²) in [5, 5.41) is 8.25. The number of nitrogens with zero attached hydrogens (tertiary/aromatic N) is 2. The fraction of sp³-hybridized carbons (Fsp3) is 0.429. The van der Waals surface area contributed by atoms with E-state index in [1.165, 1.54) is 5.75 Å². The molecular formula is C14H17Cl2N3OS. The van der Waals surface area contributed by atoms with E-state index in [-0.39, 0.29) is 12.4 Å². The first-order valence-electron chi connectivity index (χ1n) is 6.66. The van der Waals surface area contributed by atoms with Gasteiger partial charge in [-0.15, -0.1) is 12.4 Å². The predicted octanol–water partition coefficient (Wildman–Crippen LogP) is 2.98. The molecule has 0 aliphatic carbocycles. The highest BCUT2D eigenvalue weighted by Crippen LogP contribution is 2.14. The molecule has 0 spiro atoms. The van der Waals surface area contributed by atoms with Crippen LogP contribution >= 0.6 is 35.8 Å². The molecule has 7 heteroatoms. The molecule has 0 bridgehead atoms. The van der Waals surface area contributed by atoms with Crippen molar-refractivity contribution in [3.63, 3.8) is 0 Å². The molecule has 1 atom stereocenters. The maximum absolute atomic E-state index is 5.87. The van der Waals surface area contributed by atoms with E-state index in [1.54, 1.807) is 0 Å². The zero-order chi connectivity index (χ0) is 13.8. The summed E-state index contributed by atoms with van der Waals surface area (Å²) in [7, 11) is 0. The van der Waals surface area contributed by atoms with Gasteiger partial charge in [-0.3, -0.25) is 0 Å². The highest BCUT2D eigenvalue weighted by atomic mass is 35.5. The van der Waals surface area contributed by atoms with Gasteiger partial charge in [-0.05, 0) is 17.7 Å². The Morgan fingerprint density at radius 2 is 2.14 bits per heavy atom. The summed E-state index contributed by atoms with van der Waals surface area (Å²) in [6.45, 7) is 1.06. The van der Waals surface area contributed by atoms with Crippen LogP contribution < -0.4 is 5.32 Å². The lowest BCUT2D eigenvalue weighted by molar-refractivity contribution is 0.359. The van der Waals surface area contributed by atoms with Crippen molar-refractivity contribution >= 4 is 35.8 Å². The molecule has 4 nitrogen and oxygen atoms in total. The summed E-state index contributed by atoms with van der Waals surface area (Å²) in [5.41, 5.74) is 1.13. The number of thioether (sulfide) groups is 1. The van der Waals surface area contributed by atoms with Crippen molar-refractivity contribution in [3.8, 4) is 0 Å². The molecular weight excluding hydrogens is 329 g/mol. The number of nitrogens with one attached hydrogen (secondary N) is 1. The topological polar surface area (TPSA) is 51.0 Å². The minimum absolute atomic E-state index is 0. The van der Waals surface area contributed by atoms with Crippen LogP contribution in [-0.2, 0) is 12.8 Å². The fourth-order valence-corrected chi connectivity index (χ4v) is 3.27. The summed E-state index contributed by atoms with van der Waals surface area (Å²) >= 11 is 7.84. The lowest BCUT2D eigenvalue weighted by Gasteiger charge is -2.21. The van der Waals surface area contributed by atoms with Crippen LogP contribution in [0.1, 0.15) is 17.3 Å². The van der Waals surface area contributed by atoms with E-state index >= 15 is 0 Å². The van der Waals surface area contributed by atoms with Gasteiger partial charge in [-0.25, -0.2) is 0 Å². The van der Waals surface area contributed by atoms with Crippen LogP contribution in [0.4, 0.5) is 0 Å². The van der Waals surface area contributed by atoms with Crippen LogP contribution in [0.2, 0.25) is 5.02 Å². The molecule has 21 heavy (non-hydrogen) atoms. The first-order chi connectivity index (χ1) is 9.79. The van der Waals surface area contributed by atoms with E-state index in [2.05, 4.69) is 15.5 Å². The average molecular weight is 346 g/mol. The molecule has 114 valence electrons. The lowest BCUT2D eigenvalue weighted by atomic mass is 10.1. The molecule has 2 heterocycles. The second kappa shape index (κ2) is 8.03. The van der Waals surface area contributed by atoms with Crippen LogP contribution in [0.15, 0.2) is 28.8 Å². The largest absolute Gasteiger partial charge is 0.339 e. The normalized spacial score (nSPS) is 18.2. The molecule has 1 saturated heterocycles. The van der Waals surface area contributed by atoms with Crippen LogP contribution in [0.25, 0.3) is 0 Å². The average Bonchev–Trinajstić information content (AvgIpc) is 2.90. The Morgan fingerprint density at radius 1 is 1.33 bits per heavy atom. The Kier molecular flexibility index (Phi) is 6.36. The number of hydrogen-bond acceptors (Lipinski definition) is 5. The van der Waals surface area contributed by atoms with Crippen LogP contribution in [0.3, 0.4) is 0 Å². The maximum Gasteiger partial charge on any atom is 0.228 e. The van der Waals surface area contributed by atoms with E-state index in [0.717, 1.165) is 35.1 Å². The van der Waals surface area contributed by atoms with Crippen molar-refractivity contribution in [2.75, 3.05) is 18.1 Å². The number of benzene rings is 1. The first kappa shape index (κ1) is 16.6.